The van der Waals surface area contributed by atoms with Crippen molar-refractivity contribution in [3.8, 4) is 5.69 Å². The molecule has 0 unspecified atom stereocenters. The minimum Gasteiger partial charge on any atom is -0.367 e. The molecule has 6 heteroatoms. The van der Waals surface area contributed by atoms with Crippen LogP contribution in [0.15, 0.2) is 60.7 Å². The molecule has 0 atom stereocenters. The van der Waals surface area contributed by atoms with Gasteiger partial charge in [0, 0.05) is 11.1 Å². The zero-order chi connectivity index (χ0) is 17.6. The van der Waals surface area contributed by atoms with Gasteiger partial charge in [0.1, 0.15) is 12.4 Å². The highest BCUT2D eigenvalue weighted by Crippen LogP contribution is 2.19. The molecule has 0 fully saturated rings. The molecule has 0 aliphatic carbocycles. The first-order valence-corrected chi connectivity index (χ1v) is 8.24. The van der Waals surface area contributed by atoms with Gasteiger partial charge in [-0.15, -0.1) is 0 Å². The van der Waals surface area contributed by atoms with E-state index in [0.29, 0.717) is 17.4 Å². The van der Waals surface area contributed by atoms with Crippen molar-refractivity contribution in [2.24, 2.45) is 0 Å². The number of ether oxygens (including phenoxy) is 1. The van der Waals surface area contributed by atoms with Crippen LogP contribution in [-0.2, 0) is 16.1 Å². The van der Waals surface area contributed by atoms with E-state index in [0.717, 1.165) is 16.9 Å². The third-order valence-electron chi connectivity index (χ3n) is 3.51. The number of hydrogen-bond donors (Lipinski definition) is 1. The first-order chi connectivity index (χ1) is 12.1. The molecule has 1 amide bonds. The molecule has 0 saturated heterocycles. The van der Waals surface area contributed by atoms with Crippen molar-refractivity contribution in [3.63, 3.8) is 0 Å². The Hall–Kier alpha value is -2.63. The summed E-state index contributed by atoms with van der Waals surface area (Å²) in [7, 11) is 0. The molecule has 1 heterocycles. The Morgan fingerprint density at radius 1 is 1.16 bits per heavy atom. The Balaban J connectivity index is 1.62. The number of carbonyl (C=O) groups excluding carboxylic acids is 1. The minimum atomic E-state index is -0.231. The van der Waals surface area contributed by atoms with E-state index in [1.165, 1.54) is 0 Å². The molecule has 128 valence electrons. The van der Waals surface area contributed by atoms with E-state index in [1.807, 2.05) is 55.5 Å². The normalized spacial score (nSPS) is 10.6. The summed E-state index contributed by atoms with van der Waals surface area (Å²) in [6.45, 7) is 2.23. The molecular formula is C19H18ClN3O2. The highest BCUT2D eigenvalue weighted by molar-refractivity contribution is 6.30. The van der Waals surface area contributed by atoms with Crippen LogP contribution in [0.25, 0.3) is 5.69 Å². The number of hydrogen-bond acceptors (Lipinski definition) is 3. The molecule has 0 aliphatic rings. The van der Waals surface area contributed by atoms with Gasteiger partial charge < -0.3 is 10.1 Å². The summed E-state index contributed by atoms with van der Waals surface area (Å²) in [4.78, 5) is 12.2. The van der Waals surface area contributed by atoms with Gasteiger partial charge in [-0.25, -0.2) is 4.68 Å². The maximum atomic E-state index is 12.2. The van der Waals surface area contributed by atoms with E-state index < -0.39 is 0 Å². The number of rotatable bonds is 6. The summed E-state index contributed by atoms with van der Waals surface area (Å²) in [5.41, 5.74) is 2.64. The van der Waals surface area contributed by atoms with E-state index in [9.17, 15) is 4.79 Å². The van der Waals surface area contributed by atoms with Crippen molar-refractivity contribution in [3.05, 3.63) is 76.9 Å². The summed E-state index contributed by atoms with van der Waals surface area (Å²) in [5.74, 6) is 0.360. The Morgan fingerprint density at radius 3 is 2.60 bits per heavy atom. The van der Waals surface area contributed by atoms with E-state index >= 15 is 0 Å². The van der Waals surface area contributed by atoms with E-state index in [1.54, 1.807) is 16.8 Å². The van der Waals surface area contributed by atoms with Crippen LogP contribution in [0, 0.1) is 6.92 Å². The molecule has 0 saturated carbocycles. The standard InChI is InChI=1S/C19H18ClN3O2/c1-14-11-18(23(22-14)17-9-7-16(20)8-10-17)21-19(24)13-25-12-15-5-3-2-4-6-15/h2-11H,12-13H2,1H3,(H,21,24). The highest BCUT2D eigenvalue weighted by atomic mass is 35.5. The third-order valence-corrected chi connectivity index (χ3v) is 3.77. The van der Waals surface area contributed by atoms with Gasteiger partial charge in [-0.1, -0.05) is 41.9 Å². The second-order valence-electron chi connectivity index (χ2n) is 5.59. The van der Waals surface area contributed by atoms with Crippen molar-refractivity contribution in [2.75, 3.05) is 11.9 Å². The summed E-state index contributed by atoms with van der Waals surface area (Å²) >= 11 is 5.92. The summed E-state index contributed by atoms with van der Waals surface area (Å²) in [6.07, 6.45) is 0. The summed E-state index contributed by atoms with van der Waals surface area (Å²) in [5, 5.41) is 7.89. The summed E-state index contributed by atoms with van der Waals surface area (Å²) in [6, 6.07) is 18.8. The molecule has 1 aromatic heterocycles. The number of aryl methyl sites for hydroxylation is 1. The average molecular weight is 356 g/mol. The van der Waals surface area contributed by atoms with E-state index in [4.69, 9.17) is 16.3 Å². The number of aromatic nitrogens is 2. The van der Waals surface area contributed by atoms with Gasteiger partial charge in [0.25, 0.3) is 5.91 Å². The molecule has 0 aliphatic heterocycles. The zero-order valence-corrected chi connectivity index (χ0v) is 14.5. The average Bonchev–Trinajstić information content (AvgIpc) is 2.97. The maximum Gasteiger partial charge on any atom is 0.251 e. The molecule has 5 nitrogen and oxygen atoms in total. The predicted octanol–water partition coefficient (Wildman–Crippen LogP) is 3.99. The van der Waals surface area contributed by atoms with Gasteiger partial charge >= 0.3 is 0 Å². The number of halogens is 1. The fourth-order valence-electron chi connectivity index (χ4n) is 2.38. The lowest BCUT2D eigenvalue weighted by atomic mass is 10.2. The third kappa shape index (κ3) is 4.68. The Morgan fingerprint density at radius 2 is 1.88 bits per heavy atom. The molecule has 2 aromatic carbocycles. The van der Waals surface area contributed by atoms with Crippen molar-refractivity contribution in [2.45, 2.75) is 13.5 Å². The highest BCUT2D eigenvalue weighted by Gasteiger charge is 2.11. The summed E-state index contributed by atoms with van der Waals surface area (Å²) < 4.78 is 7.13. The number of nitrogens with one attached hydrogen (secondary N) is 1. The van der Waals surface area contributed by atoms with Crippen LogP contribution in [0.3, 0.4) is 0 Å². The molecule has 3 aromatic rings. The van der Waals surface area contributed by atoms with Gasteiger partial charge in [0.2, 0.25) is 0 Å². The molecular weight excluding hydrogens is 338 g/mol. The fraction of sp³-hybridized carbons (Fsp3) is 0.158. The lowest BCUT2D eigenvalue weighted by molar-refractivity contribution is -0.121. The van der Waals surface area contributed by atoms with Crippen LogP contribution in [0.1, 0.15) is 11.3 Å². The molecule has 0 bridgehead atoms. The first kappa shape index (κ1) is 17.2. The lowest BCUT2D eigenvalue weighted by Crippen LogP contribution is -2.20. The quantitative estimate of drug-likeness (QED) is 0.727. The van der Waals surface area contributed by atoms with E-state index in [2.05, 4.69) is 10.4 Å². The van der Waals surface area contributed by atoms with Crippen LogP contribution in [-0.4, -0.2) is 22.3 Å². The fourth-order valence-corrected chi connectivity index (χ4v) is 2.51. The number of anilines is 1. The largest absolute Gasteiger partial charge is 0.367 e. The number of nitrogens with zero attached hydrogens (tertiary/aromatic N) is 2. The SMILES string of the molecule is Cc1cc(NC(=O)COCc2ccccc2)n(-c2ccc(Cl)cc2)n1. The van der Waals surface area contributed by atoms with Gasteiger partial charge in [0.15, 0.2) is 0 Å². The van der Waals surface area contributed by atoms with Gasteiger partial charge in [-0.05, 0) is 36.8 Å². The molecule has 0 radical (unpaired) electrons. The van der Waals surface area contributed by atoms with Gasteiger partial charge in [-0.3, -0.25) is 4.79 Å². The Kier molecular flexibility index (Phi) is 5.48. The van der Waals surface area contributed by atoms with Crippen LogP contribution >= 0.6 is 11.6 Å². The number of amides is 1. The van der Waals surface area contributed by atoms with Crippen LogP contribution < -0.4 is 5.32 Å². The Labute approximate surface area is 151 Å². The minimum absolute atomic E-state index is 0.0280. The lowest BCUT2D eigenvalue weighted by Gasteiger charge is -2.09. The monoisotopic (exact) mass is 355 g/mol. The van der Waals surface area contributed by atoms with Crippen molar-refractivity contribution < 1.29 is 9.53 Å². The van der Waals surface area contributed by atoms with Crippen LogP contribution in [0.2, 0.25) is 5.02 Å². The molecule has 1 N–H and O–H groups in total. The van der Waals surface area contributed by atoms with Gasteiger partial charge in [0.05, 0.1) is 18.0 Å². The second-order valence-corrected chi connectivity index (χ2v) is 6.02. The number of carbonyl (C=O) groups is 1. The topological polar surface area (TPSA) is 56.1 Å². The smallest absolute Gasteiger partial charge is 0.251 e. The first-order valence-electron chi connectivity index (χ1n) is 7.86. The zero-order valence-electron chi connectivity index (χ0n) is 13.8. The maximum absolute atomic E-state index is 12.2. The number of benzene rings is 2. The Bertz CT molecular complexity index is 845. The predicted molar refractivity (Wildman–Crippen MR) is 98.0 cm³/mol. The van der Waals surface area contributed by atoms with Gasteiger partial charge in [-0.2, -0.15) is 5.10 Å². The van der Waals surface area contributed by atoms with Crippen LogP contribution in [0.4, 0.5) is 5.82 Å². The van der Waals surface area contributed by atoms with E-state index in [-0.39, 0.29) is 12.5 Å². The molecule has 3 rings (SSSR count). The van der Waals surface area contributed by atoms with Crippen molar-refractivity contribution in [1.29, 1.82) is 0 Å². The molecule has 25 heavy (non-hydrogen) atoms. The molecule has 0 spiro atoms. The van der Waals surface area contributed by atoms with Crippen molar-refractivity contribution in [1.82, 2.24) is 9.78 Å². The second kappa shape index (κ2) is 7.96. The van der Waals surface area contributed by atoms with Crippen LogP contribution in [0.5, 0.6) is 0 Å². The van der Waals surface area contributed by atoms with Crippen molar-refractivity contribution >= 4 is 23.3 Å².